The Kier molecular flexibility index (Phi) is 3.96. The Balaban J connectivity index is 1.81. The lowest BCUT2D eigenvalue weighted by atomic mass is 9.86. The van der Waals surface area contributed by atoms with Gasteiger partial charge in [0.25, 0.3) is 0 Å². The summed E-state index contributed by atoms with van der Waals surface area (Å²) in [6.45, 7) is 0. The molecule has 0 aliphatic heterocycles. The summed E-state index contributed by atoms with van der Waals surface area (Å²) < 4.78 is 0. The van der Waals surface area contributed by atoms with Crippen molar-refractivity contribution >= 4 is 11.9 Å². The topological polar surface area (TPSA) is 95.1 Å². The molecule has 2 atom stereocenters. The van der Waals surface area contributed by atoms with Crippen LogP contribution in [-0.2, 0) is 16.0 Å². The van der Waals surface area contributed by atoms with Crippen LogP contribution in [0.1, 0.15) is 31.4 Å². The van der Waals surface area contributed by atoms with Crippen LogP contribution in [0.5, 0.6) is 0 Å². The van der Waals surface area contributed by atoms with E-state index in [-0.39, 0.29) is 24.3 Å². The van der Waals surface area contributed by atoms with Gasteiger partial charge in [-0.2, -0.15) is 5.10 Å². The molecular weight excluding hydrogens is 234 g/mol. The van der Waals surface area contributed by atoms with Crippen LogP contribution in [0.4, 0.5) is 0 Å². The fourth-order valence-electron chi connectivity index (χ4n) is 2.38. The number of hydrogen-bond donors (Lipinski definition) is 3. The zero-order valence-electron chi connectivity index (χ0n) is 10.1. The average Bonchev–Trinajstić information content (AvgIpc) is 2.82. The average molecular weight is 251 g/mol. The molecule has 18 heavy (non-hydrogen) atoms. The van der Waals surface area contributed by atoms with Crippen molar-refractivity contribution in [2.75, 3.05) is 0 Å². The van der Waals surface area contributed by atoms with Gasteiger partial charge in [-0.3, -0.25) is 14.7 Å². The standard InChI is InChI=1S/C12H17N3O3/c16-11(7-10-4-5-13-15-10)14-9-3-1-2-8(6-9)12(17)18/h4-5,8-9H,1-3,6-7H2,(H,13,15)(H,14,16)(H,17,18). The molecule has 6 nitrogen and oxygen atoms in total. The number of aromatic nitrogens is 2. The second-order valence-corrected chi connectivity index (χ2v) is 4.72. The maximum atomic E-state index is 11.7. The van der Waals surface area contributed by atoms with E-state index < -0.39 is 5.97 Å². The number of aliphatic carboxylic acids is 1. The number of rotatable bonds is 4. The third-order valence-corrected chi connectivity index (χ3v) is 3.30. The van der Waals surface area contributed by atoms with Gasteiger partial charge in [0.05, 0.1) is 12.3 Å². The van der Waals surface area contributed by atoms with Crippen LogP contribution in [0.15, 0.2) is 12.3 Å². The van der Waals surface area contributed by atoms with E-state index in [1.807, 2.05) is 0 Å². The molecule has 98 valence electrons. The molecule has 1 heterocycles. The minimum atomic E-state index is -0.762. The minimum Gasteiger partial charge on any atom is -0.481 e. The van der Waals surface area contributed by atoms with Crippen molar-refractivity contribution in [2.24, 2.45) is 5.92 Å². The number of aromatic amines is 1. The van der Waals surface area contributed by atoms with E-state index in [1.54, 1.807) is 12.3 Å². The molecule has 2 unspecified atom stereocenters. The van der Waals surface area contributed by atoms with Gasteiger partial charge in [0, 0.05) is 17.9 Å². The van der Waals surface area contributed by atoms with Crippen LogP contribution in [0.25, 0.3) is 0 Å². The summed E-state index contributed by atoms with van der Waals surface area (Å²) in [5.74, 6) is -1.17. The fraction of sp³-hybridized carbons (Fsp3) is 0.583. The van der Waals surface area contributed by atoms with Gasteiger partial charge in [0.1, 0.15) is 0 Å². The zero-order chi connectivity index (χ0) is 13.0. The van der Waals surface area contributed by atoms with E-state index in [2.05, 4.69) is 15.5 Å². The zero-order valence-corrected chi connectivity index (χ0v) is 10.1. The first-order valence-corrected chi connectivity index (χ1v) is 6.15. The van der Waals surface area contributed by atoms with Crippen LogP contribution in [-0.4, -0.2) is 33.2 Å². The maximum absolute atomic E-state index is 11.7. The summed E-state index contributed by atoms with van der Waals surface area (Å²) in [5, 5.41) is 18.4. The SMILES string of the molecule is O=C(Cc1ccn[nH]1)NC1CCCC(C(=O)O)C1. The normalized spacial score (nSPS) is 23.6. The molecule has 1 aromatic rings. The third-order valence-electron chi connectivity index (χ3n) is 3.30. The lowest BCUT2D eigenvalue weighted by Crippen LogP contribution is -2.40. The van der Waals surface area contributed by atoms with E-state index in [0.29, 0.717) is 12.8 Å². The lowest BCUT2D eigenvalue weighted by Gasteiger charge is -2.27. The van der Waals surface area contributed by atoms with E-state index in [9.17, 15) is 9.59 Å². The van der Waals surface area contributed by atoms with E-state index in [0.717, 1.165) is 18.5 Å². The predicted octanol–water partition coefficient (Wildman–Crippen LogP) is 0.712. The summed E-state index contributed by atoms with van der Waals surface area (Å²) in [5.41, 5.74) is 0.762. The second-order valence-electron chi connectivity index (χ2n) is 4.72. The number of nitrogens with zero attached hydrogens (tertiary/aromatic N) is 1. The Hall–Kier alpha value is -1.85. The molecular formula is C12H17N3O3. The van der Waals surface area contributed by atoms with Crippen molar-refractivity contribution in [1.82, 2.24) is 15.5 Å². The molecule has 2 rings (SSSR count). The Morgan fingerprint density at radius 1 is 1.50 bits per heavy atom. The predicted molar refractivity (Wildman–Crippen MR) is 63.8 cm³/mol. The lowest BCUT2D eigenvalue weighted by molar-refractivity contribution is -0.143. The second kappa shape index (κ2) is 5.66. The van der Waals surface area contributed by atoms with Gasteiger partial charge in [0.15, 0.2) is 0 Å². The number of H-pyrrole nitrogens is 1. The molecule has 3 N–H and O–H groups in total. The third kappa shape index (κ3) is 3.32. The Bertz CT molecular complexity index is 416. The fourth-order valence-corrected chi connectivity index (χ4v) is 2.38. The van der Waals surface area contributed by atoms with Gasteiger partial charge in [-0.05, 0) is 25.3 Å². The first-order valence-electron chi connectivity index (χ1n) is 6.15. The first kappa shape index (κ1) is 12.6. The Morgan fingerprint density at radius 2 is 2.33 bits per heavy atom. The number of carboxylic acid groups (broad SMARTS) is 1. The van der Waals surface area contributed by atoms with Crippen molar-refractivity contribution in [3.05, 3.63) is 18.0 Å². The van der Waals surface area contributed by atoms with Crippen molar-refractivity contribution in [3.63, 3.8) is 0 Å². The van der Waals surface area contributed by atoms with Crippen molar-refractivity contribution < 1.29 is 14.7 Å². The molecule has 0 radical (unpaired) electrons. The summed E-state index contributed by atoms with van der Waals surface area (Å²) in [6.07, 6.45) is 4.81. The number of amides is 1. The maximum Gasteiger partial charge on any atom is 0.306 e. The van der Waals surface area contributed by atoms with Gasteiger partial charge >= 0.3 is 5.97 Å². The van der Waals surface area contributed by atoms with Gasteiger partial charge in [-0.1, -0.05) is 6.42 Å². The number of hydrogen-bond acceptors (Lipinski definition) is 3. The van der Waals surface area contributed by atoms with E-state index in [1.165, 1.54) is 0 Å². The first-order chi connectivity index (χ1) is 8.65. The molecule has 6 heteroatoms. The van der Waals surface area contributed by atoms with Crippen LogP contribution in [0.2, 0.25) is 0 Å². The number of carbonyl (C=O) groups excluding carboxylic acids is 1. The molecule has 0 spiro atoms. The molecule has 1 saturated carbocycles. The molecule has 1 fully saturated rings. The van der Waals surface area contributed by atoms with Crippen LogP contribution < -0.4 is 5.32 Å². The highest BCUT2D eigenvalue weighted by molar-refractivity contribution is 5.78. The van der Waals surface area contributed by atoms with Crippen molar-refractivity contribution in [3.8, 4) is 0 Å². The van der Waals surface area contributed by atoms with E-state index >= 15 is 0 Å². The van der Waals surface area contributed by atoms with Crippen LogP contribution >= 0.6 is 0 Å². The molecule has 1 aliphatic carbocycles. The summed E-state index contributed by atoms with van der Waals surface area (Å²) in [6, 6.07) is 1.73. The van der Waals surface area contributed by atoms with E-state index in [4.69, 9.17) is 5.11 Å². The summed E-state index contributed by atoms with van der Waals surface area (Å²) in [7, 11) is 0. The van der Waals surface area contributed by atoms with Gasteiger partial charge in [0.2, 0.25) is 5.91 Å². The highest BCUT2D eigenvalue weighted by atomic mass is 16.4. The van der Waals surface area contributed by atoms with Gasteiger partial charge in [-0.15, -0.1) is 0 Å². The molecule has 0 saturated heterocycles. The van der Waals surface area contributed by atoms with Gasteiger partial charge in [-0.25, -0.2) is 0 Å². The summed E-state index contributed by atoms with van der Waals surface area (Å²) in [4.78, 5) is 22.7. The highest BCUT2D eigenvalue weighted by Gasteiger charge is 2.27. The van der Waals surface area contributed by atoms with Crippen molar-refractivity contribution in [1.29, 1.82) is 0 Å². The molecule has 0 bridgehead atoms. The number of nitrogens with one attached hydrogen (secondary N) is 2. The molecule has 1 aromatic heterocycles. The largest absolute Gasteiger partial charge is 0.481 e. The van der Waals surface area contributed by atoms with Gasteiger partial charge < -0.3 is 10.4 Å². The smallest absolute Gasteiger partial charge is 0.306 e. The highest BCUT2D eigenvalue weighted by Crippen LogP contribution is 2.24. The molecule has 1 aliphatic rings. The van der Waals surface area contributed by atoms with Crippen LogP contribution in [0.3, 0.4) is 0 Å². The monoisotopic (exact) mass is 251 g/mol. The summed E-state index contributed by atoms with van der Waals surface area (Å²) >= 11 is 0. The van der Waals surface area contributed by atoms with Crippen LogP contribution in [0, 0.1) is 5.92 Å². The molecule has 1 amide bonds. The minimum absolute atomic E-state index is 0.0183. The Labute approximate surface area is 105 Å². The molecule has 0 aromatic carbocycles. The Morgan fingerprint density at radius 3 is 3.00 bits per heavy atom. The quantitative estimate of drug-likeness (QED) is 0.734. The van der Waals surface area contributed by atoms with Crippen molar-refractivity contribution in [2.45, 2.75) is 38.1 Å². The number of carboxylic acids is 1. The number of carbonyl (C=O) groups is 2.